The van der Waals surface area contributed by atoms with Crippen LogP contribution in [0.4, 0.5) is 11.4 Å². The Bertz CT molecular complexity index is 697. The number of nitrogens with zero attached hydrogens (tertiary/aromatic N) is 2. The van der Waals surface area contributed by atoms with Gasteiger partial charge < -0.3 is 15.1 Å². The number of hydrogen-bond acceptors (Lipinski definition) is 3. The van der Waals surface area contributed by atoms with E-state index >= 15 is 0 Å². The first-order chi connectivity index (χ1) is 12.1. The molecule has 3 rings (SSSR count). The summed E-state index contributed by atoms with van der Waals surface area (Å²) in [5, 5.41) is 4.61. The highest BCUT2D eigenvalue weighted by atomic mass is 35.5. The van der Waals surface area contributed by atoms with Gasteiger partial charge in [-0.3, -0.25) is 0 Å². The van der Waals surface area contributed by atoms with Crippen molar-refractivity contribution in [2.24, 2.45) is 0 Å². The van der Waals surface area contributed by atoms with E-state index in [-0.39, 0.29) is 0 Å². The topological polar surface area (TPSA) is 18.5 Å². The van der Waals surface area contributed by atoms with Crippen LogP contribution in [0.25, 0.3) is 0 Å². The first-order valence-electron chi connectivity index (χ1n) is 8.84. The lowest BCUT2D eigenvalue weighted by molar-refractivity contribution is 0.312. The van der Waals surface area contributed by atoms with E-state index in [0.29, 0.717) is 10.0 Å². The van der Waals surface area contributed by atoms with E-state index in [1.807, 2.05) is 18.2 Å². The van der Waals surface area contributed by atoms with Crippen LogP contribution in [-0.4, -0.2) is 44.7 Å². The third-order valence-corrected chi connectivity index (χ3v) is 5.45. The molecule has 0 aromatic heterocycles. The first-order valence-corrected chi connectivity index (χ1v) is 9.59. The quantitative estimate of drug-likeness (QED) is 0.730. The van der Waals surface area contributed by atoms with E-state index < -0.39 is 0 Å². The van der Waals surface area contributed by atoms with Crippen LogP contribution in [0.1, 0.15) is 12.0 Å². The van der Waals surface area contributed by atoms with Gasteiger partial charge in [0.05, 0.1) is 10.0 Å². The summed E-state index contributed by atoms with van der Waals surface area (Å²) in [6.45, 7) is 5.39. The molecule has 1 N–H and O–H groups in total. The molecule has 0 spiro atoms. The highest BCUT2D eigenvalue weighted by molar-refractivity contribution is 6.42. The highest BCUT2D eigenvalue weighted by Gasteiger charge is 2.16. The molecule has 0 aliphatic carbocycles. The van der Waals surface area contributed by atoms with E-state index in [4.69, 9.17) is 23.2 Å². The summed E-state index contributed by atoms with van der Waals surface area (Å²) in [5.74, 6) is 0. The van der Waals surface area contributed by atoms with Gasteiger partial charge in [0.1, 0.15) is 0 Å². The van der Waals surface area contributed by atoms with Gasteiger partial charge >= 0.3 is 0 Å². The van der Waals surface area contributed by atoms with Crippen LogP contribution in [0.3, 0.4) is 0 Å². The molecule has 5 heteroatoms. The number of aryl methyl sites for hydroxylation is 1. The Balaban J connectivity index is 1.53. The fraction of sp³-hybridized carbons (Fsp3) is 0.400. The number of nitrogens with one attached hydrogen (secondary N) is 1. The number of para-hydroxylation sites is 1. The number of benzene rings is 2. The smallest absolute Gasteiger partial charge is 0.0612 e. The molecule has 1 aliphatic rings. The number of likely N-dealkylation sites (N-methyl/N-ethyl adjacent to an activating group) is 1. The second-order valence-corrected chi connectivity index (χ2v) is 7.39. The molecule has 1 fully saturated rings. The van der Waals surface area contributed by atoms with Gasteiger partial charge in [-0.1, -0.05) is 41.4 Å². The molecule has 3 nitrogen and oxygen atoms in total. The molecule has 1 saturated heterocycles. The Morgan fingerprint density at radius 1 is 0.960 bits per heavy atom. The van der Waals surface area contributed by atoms with Crippen molar-refractivity contribution in [2.45, 2.75) is 12.8 Å². The molecule has 0 unspecified atom stereocenters. The van der Waals surface area contributed by atoms with Crippen LogP contribution in [0, 0.1) is 0 Å². The third-order valence-electron chi connectivity index (χ3n) is 4.71. The number of halogens is 2. The van der Waals surface area contributed by atoms with Gasteiger partial charge in [-0.05, 0) is 49.7 Å². The molecule has 2 aromatic carbocycles. The summed E-state index contributed by atoms with van der Waals surface area (Å²) in [6.07, 6.45) is 2.14. The predicted octanol–water partition coefficient (Wildman–Crippen LogP) is 4.79. The number of anilines is 2. The van der Waals surface area contributed by atoms with E-state index in [9.17, 15) is 0 Å². The molecule has 0 amide bonds. The largest absolute Gasteiger partial charge is 0.385 e. The average molecular weight is 378 g/mol. The van der Waals surface area contributed by atoms with Crippen molar-refractivity contribution in [3.63, 3.8) is 0 Å². The van der Waals surface area contributed by atoms with Crippen LogP contribution in [-0.2, 0) is 6.42 Å². The van der Waals surface area contributed by atoms with Crippen molar-refractivity contribution >= 4 is 34.6 Å². The Labute approximate surface area is 160 Å². The number of rotatable bonds is 6. The Kier molecular flexibility index (Phi) is 6.46. The zero-order valence-corrected chi connectivity index (χ0v) is 16.2. The van der Waals surface area contributed by atoms with Crippen LogP contribution in [0.5, 0.6) is 0 Å². The van der Waals surface area contributed by atoms with Crippen molar-refractivity contribution in [1.29, 1.82) is 0 Å². The average Bonchev–Trinajstić information content (AvgIpc) is 2.63. The molecule has 2 aromatic rings. The minimum atomic E-state index is 0.590. The standard InChI is InChI=1S/C20H25Cl2N3/c1-24-11-13-25(14-12-24)20-7-3-2-5-16(20)6-4-10-23-17-8-9-18(21)19(22)15-17/h2-3,5,7-9,15,23H,4,6,10-14H2,1H3. The van der Waals surface area contributed by atoms with E-state index in [1.165, 1.54) is 11.3 Å². The van der Waals surface area contributed by atoms with E-state index in [2.05, 4.69) is 46.4 Å². The number of hydrogen-bond donors (Lipinski definition) is 1. The lowest BCUT2D eigenvalue weighted by Gasteiger charge is -2.35. The maximum Gasteiger partial charge on any atom is 0.0612 e. The minimum absolute atomic E-state index is 0.590. The van der Waals surface area contributed by atoms with E-state index in [1.54, 1.807) is 0 Å². The van der Waals surface area contributed by atoms with Gasteiger partial charge in [-0.15, -0.1) is 0 Å². The van der Waals surface area contributed by atoms with Gasteiger partial charge in [0.25, 0.3) is 0 Å². The first kappa shape index (κ1) is 18.4. The predicted molar refractivity (Wildman–Crippen MR) is 109 cm³/mol. The maximum atomic E-state index is 6.06. The zero-order chi connectivity index (χ0) is 17.6. The Hall–Kier alpha value is -1.42. The normalized spacial score (nSPS) is 15.4. The van der Waals surface area contributed by atoms with Gasteiger partial charge in [0, 0.05) is 44.1 Å². The van der Waals surface area contributed by atoms with Crippen molar-refractivity contribution in [3.05, 3.63) is 58.1 Å². The van der Waals surface area contributed by atoms with Gasteiger partial charge in [0.15, 0.2) is 0 Å². The SMILES string of the molecule is CN1CCN(c2ccccc2CCCNc2ccc(Cl)c(Cl)c2)CC1. The Morgan fingerprint density at radius 2 is 1.72 bits per heavy atom. The maximum absolute atomic E-state index is 6.06. The van der Waals surface area contributed by atoms with Crippen LogP contribution >= 0.6 is 23.2 Å². The minimum Gasteiger partial charge on any atom is -0.385 e. The molecule has 134 valence electrons. The Morgan fingerprint density at radius 3 is 2.48 bits per heavy atom. The van der Waals surface area contributed by atoms with Crippen LogP contribution < -0.4 is 10.2 Å². The second-order valence-electron chi connectivity index (χ2n) is 6.58. The molecular formula is C20H25Cl2N3. The van der Waals surface area contributed by atoms with Gasteiger partial charge in [-0.2, -0.15) is 0 Å². The molecular weight excluding hydrogens is 353 g/mol. The third kappa shape index (κ3) is 5.04. The highest BCUT2D eigenvalue weighted by Crippen LogP contribution is 2.25. The summed E-state index contributed by atoms with van der Waals surface area (Å²) in [7, 11) is 2.19. The van der Waals surface area contributed by atoms with Crippen molar-refractivity contribution in [1.82, 2.24) is 4.90 Å². The molecule has 1 heterocycles. The molecule has 0 bridgehead atoms. The van der Waals surface area contributed by atoms with Crippen molar-refractivity contribution in [3.8, 4) is 0 Å². The zero-order valence-electron chi connectivity index (χ0n) is 14.6. The van der Waals surface area contributed by atoms with Gasteiger partial charge in [-0.25, -0.2) is 0 Å². The summed E-state index contributed by atoms with van der Waals surface area (Å²) in [6, 6.07) is 14.5. The van der Waals surface area contributed by atoms with Crippen molar-refractivity contribution < 1.29 is 0 Å². The monoisotopic (exact) mass is 377 g/mol. The molecule has 25 heavy (non-hydrogen) atoms. The van der Waals surface area contributed by atoms with Gasteiger partial charge in [0.2, 0.25) is 0 Å². The van der Waals surface area contributed by atoms with Crippen LogP contribution in [0.15, 0.2) is 42.5 Å². The van der Waals surface area contributed by atoms with Crippen molar-refractivity contribution in [2.75, 3.05) is 50.0 Å². The lowest BCUT2D eigenvalue weighted by atomic mass is 10.1. The van der Waals surface area contributed by atoms with Crippen LogP contribution in [0.2, 0.25) is 10.0 Å². The van der Waals surface area contributed by atoms with E-state index in [0.717, 1.165) is 51.3 Å². The lowest BCUT2D eigenvalue weighted by Crippen LogP contribution is -2.44. The molecule has 0 radical (unpaired) electrons. The second kappa shape index (κ2) is 8.79. The molecule has 0 saturated carbocycles. The summed E-state index contributed by atoms with van der Waals surface area (Å²) in [5.41, 5.74) is 3.84. The summed E-state index contributed by atoms with van der Waals surface area (Å²) >= 11 is 12.0. The number of piperazine rings is 1. The molecule has 0 atom stereocenters. The molecule has 1 aliphatic heterocycles. The fourth-order valence-electron chi connectivity index (χ4n) is 3.20. The summed E-state index contributed by atoms with van der Waals surface area (Å²) < 4.78 is 0. The summed E-state index contributed by atoms with van der Waals surface area (Å²) in [4.78, 5) is 4.90. The fourth-order valence-corrected chi connectivity index (χ4v) is 3.49.